The van der Waals surface area contributed by atoms with Gasteiger partial charge in [-0.25, -0.2) is 4.79 Å². The summed E-state index contributed by atoms with van der Waals surface area (Å²) in [6, 6.07) is 17.2. The lowest BCUT2D eigenvalue weighted by atomic mass is 10.0. The quantitative estimate of drug-likeness (QED) is 0.829. The lowest BCUT2D eigenvalue weighted by Gasteiger charge is -2.36. The van der Waals surface area contributed by atoms with Crippen molar-refractivity contribution < 1.29 is 14.3 Å². The van der Waals surface area contributed by atoms with Gasteiger partial charge in [0.05, 0.1) is 32.4 Å². The number of amides is 1. The molecule has 1 saturated heterocycles. The molecule has 2 aliphatic rings. The smallest absolute Gasteiger partial charge is 0.409 e. The van der Waals surface area contributed by atoms with Gasteiger partial charge in [-0.05, 0) is 43.0 Å². The fourth-order valence-corrected chi connectivity index (χ4v) is 3.98. The predicted molar refractivity (Wildman–Crippen MR) is 106 cm³/mol. The van der Waals surface area contributed by atoms with E-state index in [1.165, 1.54) is 22.5 Å². The van der Waals surface area contributed by atoms with E-state index < -0.39 is 0 Å². The van der Waals surface area contributed by atoms with Crippen LogP contribution in [-0.4, -0.2) is 49.9 Å². The zero-order chi connectivity index (χ0) is 18.6. The number of aryl methyl sites for hydroxylation is 2. The van der Waals surface area contributed by atoms with Gasteiger partial charge in [0, 0.05) is 17.9 Å². The standard InChI is InChI=1S/C22H26N2O3/c1-2-26-22(25)23-13-14-27-19(15-23)16-24-20-9-5-3-7-17(20)11-12-18-8-4-6-10-21(18)24/h3-10,19H,2,11-16H2,1H3. The Morgan fingerprint density at radius 2 is 1.70 bits per heavy atom. The van der Waals surface area contributed by atoms with E-state index >= 15 is 0 Å². The van der Waals surface area contributed by atoms with Gasteiger partial charge in [-0.3, -0.25) is 0 Å². The Kier molecular flexibility index (Phi) is 5.30. The van der Waals surface area contributed by atoms with E-state index in [-0.39, 0.29) is 12.2 Å². The summed E-state index contributed by atoms with van der Waals surface area (Å²) in [7, 11) is 0. The summed E-state index contributed by atoms with van der Waals surface area (Å²) >= 11 is 0. The fourth-order valence-electron chi connectivity index (χ4n) is 3.98. The maximum atomic E-state index is 12.1. The van der Waals surface area contributed by atoms with Crippen molar-refractivity contribution in [3.8, 4) is 0 Å². The number of hydrogen-bond acceptors (Lipinski definition) is 4. The Hall–Kier alpha value is -2.53. The van der Waals surface area contributed by atoms with Crippen molar-refractivity contribution in [1.82, 2.24) is 4.90 Å². The highest BCUT2D eigenvalue weighted by Gasteiger charge is 2.29. The molecule has 2 aromatic rings. The SMILES string of the molecule is CCOC(=O)N1CCOC(CN2c3ccccc3CCc3ccccc32)C1. The molecular formula is C22H26N2O3. The molecule has 5 nitrogen and oxygen atoms in total. The maximum absolute atomic E-state index is 12.1. The Morgan fingerprint density at radius 3 is 2.33 bits per heavy atom. The number of benzene rings is 2. The summed E-state index contributed by atoms with van der Waals surface area (Å²) in [6.07, 6.45) is 1.76. The Balaban J connectivity index is 1.60. The zero-order valence-corrected chi connectivity index (χ0v) is 15.8. The monoisotopic (exact) mass is 366 g/mol. The minimum atomic E-state index is -0.248. The van der Waals surface area contributed by atoms with Gasteiger partial charge in [-0.2, -0.15) is 0 Å². The van der Waals surface area contributed by atoms with Gasteiger partial charge in [0.2, 0.25) is 0 Å². The largest absolute Gasteiger partial charge is 0.450 e. The average molecular weight is 366 g/mol. The molecule has 2 aliphatic heterocycles. The van der Waals surface area contributed by atoms with Crippen LogP contribution in [0.5, 0.6) is 0 Å². The van der Waals surface area contributed by atoms with Crippen molar-refractivity contribution in [1.29, 1.82) is 0 Å². The molecule has 0 aliphatic carbocycles. The van der Waals surface area contributed by atoms with E-state index in [4.69, 9.17) is 9.47 Å². The number of rotatable bonds is 3. The number of morpholine rings is 1. The van der Waals surface area contributed by atoms with Gasteiger partial charge >= 0.3 is 6.09 Å². The van der Waals surface area contributed by atoms with Crippen molar-refractivity contribution in [2.75, 3.05) is 37.7 Å². The second-order valence-electron chi connectivity index (χ2n) is 7.01. The Labute approximate surface area is 160 Å². The van der Waals surface area contributed by atoms with Gasteiger partial charge in [0.25, 0.3) is 0 Å². The molecule has 4 rings (SSSR count). The second-order valence-corrected chi connectivity index (χ2v) is 7.01. The van der Waals surface area contributed by atoms with Crippen molar-refractivity contribution in [2.45, 2.75) is 25.9 Å². The van der Waals surface area contributed by atoms with E-state index in [1.54, 1.807) is 4.90 Å². The fraction of sp³-hybridized carbons (Fsp3) is 0.409. The van der Waals surface area contributed by atoms with E-state index in [9.17, 15) is 4.79 Å². The van der Waals surface area contributed by atoms with Crippen LogP contribution in [0.15, 0.2) is 48.5 Å². The number of ether oxygens (including phenoxy) is 2. The second kappa shape index (κ2) is 8.01. The van der Waals surface area contributed by atoms with Crippen molar-refractivity contribution in [3.63, 3.8) is 0 Å². The molecule has 142 valence electrons. The summed E-state index contributed by atoms with van der Waals surface area (Å²) in [5.74, 6) is 0. The first kappa shape index (κ1) is 17.9. The summed E-state index contributed by atoms with van der Waals surface area (Å²) < 4.78 is 11.2. The molecule has 0 bridgehead atoms. The number of nitrogens with zero attached hydrogens (tertiary/aromatic N) is 2. The molecule has 0 aromatic heterocycles. The highest BCUT2D eigenvalue weighted by atomic mass is 16.6. The van der Waals surface area contributed by atoms with Crippen LogP contribution >= 0.6 is 0 Å². The molecule has 1 fully saturated rings. The van der Waals surface area contributed by atoms with E-state index in [2.05, 4.69) is 53.4 Å². The predicted octanol–water partition coefficient (Wildman–Crippen LogP) is 3.78. The van der Waals surface area contributed by atoms with Crippen LogP contribution in [-0.2, 0) is 22.3 Å². The molecule has 1 unspecified atom stereocenters. The number of anilines is 2. The molecule has 5 heteroatoms. The zero-order valence-electron chi connectivity index (χ0n) is 15.8. The molecule has 0 saturated carbocycles. The third kappa shape index (κ3) is 3.78. The minimum absolute atomic E-state index is 0.0534. The van der Waals surface area contributed by atoms with Crippen LogP contribution in [0.25, 0.3) is 0 Å². The molecule has 1 amide bonds. The first-order valence-electron chi connectivity index (χ1n) is 9.73. The third-order valence-corrected chi connectivity index (χ3v) is 5.28. The van der Waals surface area contributed by atoms with Gasteiger partial charge in [-0.1, -0.05) is 36.4 Å². The highest BCUT2D eigenvalue weighted by molar-refractivity contribution is 5.71. The van der Waals surface area contributed by atoms with Crippen molar-refractivity contribution in [2.24, 2.45) is 0 Å². The summed E-state index contributed by atoms with van der Waals surface area (Å²) in [5, 5.41) is 0. The van der Waals surface area contributed by atoms with Gasteiger partial charge < -0.3 is 19.3 Å². The Bertz CT molecular complexity index is 760. The van der Waals surface area contributed by atoms with Gasteiger partial charge in [0.1, 0.15) is 0 Å². The lowest BCUT2D eigenvalue weighted by molar-refractivity contribution is -0.0217. The molecule has 2 heterocycles. The summed E-state index contributed by atoms with van der Waals surface area (Å²) in [4.78, 5) is 16.2. The first-order valence-corrected chi connectivity index (χ1v) is 9.73. The van der Waals surface area contributed by atoms with Crippen LogP contribution in [0.1, 0.15) is 18.1 Å². The van der Waals surface area contributed by atoms with E-state index in [0.29, 0.717) is 32.8 Å². The average Bonchev–Trinajstić information content (AvgIpc) is 2.86. The van der Waals surface area contributed by atoms with Crippen LogP contribution in [0.3, 0.4) is 0 Å². The number of carbonyl (C=O) groups is 1. The van der Waals surface area contributed by atoms with Crippen LogP contribution in [0, 0.1) is 0 Å². The summed E-state index contributed by atoms with van der Waals surface area (Å²) in [6.45, 7) is 4.63. The van der Waals surface area contributed by atoms with E-state index in [1.807, 2.05) is 6.92 Å². The molecule has 1 atom stereocenters. The van der Waals surface area contributed by atoms with Crippen LogP contribution < -0.4 is 4.90 Å². The molecule has 27 heavy (non-hydrogen) atoms. The lowest BCUT2D eigenvalue weighted by Crippen LogP contribution is -2.49. The third-order valence-electron chi connectivity index (χ3n) is 5.28. The highest BCUT2D eigenvalue weighted by Crippen LogP contribution is 2.36. The van der Waals surface area contributed by atoms with Crippen LogP contribution in [0.4, 0.5) is 16.2 Å². The number of carbonyl (C=O) groups excluding carboxylic acids is 1. The Morgan fingerprint density at radius 1 is 1.07 bits per heavy atom. The maximum Gasteiger partial charge on any atom is 0.409 e. The normalized spacial score (nSPS) is 19.1. The molecular weight excluding hydrogens is 340 g/mol. The summed E-state index contributed by atoms with van der Waals surface area (Å²) in [5.41, 5.74) is 5.18. The first-order chi connectivity index (χ1) is 13.3. The number of fused-ring (bicyclic) bond motifs is 2. The van der Waals surface area contributed by atoms with Gasteiger partial charge in [0.15, 0.2) is 0 Å². The van der Waals surface area contributed by atoms with Crippen LogP contribution in [0.2, 0.25) is 0 Å². The number of hydrogen-bond donors (Lipinski definition) is 0. The number of para-hydroxylation sites is 2. The molecule has 0 spiro atoms. The van der Waals surface area contributed by atoms with E-state index in [0.717, 1.165) is 12.8 Å². The molecule has 2 aromatic carbocycles. The van der Waals surface area contributed by atoms with Crippen molar-refractivity contribution >= 4 is 17.5 Å². The van der Waals surface area contributed by atoms with Gasteiger partial charge in [-0.15, -0.1) is 0 Å². The van der Waals surface area contributed by atoms with Crippen molar-refractivity contribution in [3.05, 3.63) is 59.7 Å². The molecule has 0 N–H and O–H groups in total. The minimum Gasteiger partial charge on any atom is -0.450 e. The topological polar surface area (TPSA) is 42.0 Å². The molecule has 0 radical (unpaired) electrons.